The van der Waals surface area contributed by atoms with Gasteiger partial charge in [0.25, 0.3) is 0 Å². The van der Waals surface area contributed by atoms with Gasteiger partial charge in [-0.3, -0.25) is 13.9 Å². The Kier molecular flexibility index (Phi) is 3.94. The van der Waals surface area contributed by atoms with Crippen LogP contribution in [0.5, 0.6) is 0 Å². The van der Waals surface area contributed by atoms with Crippen LogP contribution in [0.15, 0.2) is 23.0 Å². The van der Waals surface area contributed by atoms with Gasteiger partial charge < -0.3 is 10.8 Å². The Bertz CT molecular complexity index is 699. The summed E-state index contributed by atoms with van der Waals surface area (Å²) in [7, 11) is 3.46. The second-order valence-corrected chi connectivity index (χ2v) is 5.04. The van der Waals surface area contributed by atoms with Gasteiger partial charge in [0.15, 0.2) is 0 Å². The highest BCUT2D eigenvalue weighted by Crippen LogP contribution is 2.21. The third kappa shape index (κ3) is 2.60. The van der Waals surface area contributed by atoms with Gasteiger partial charge in [-0.15, -0.1) is 0 Å². The van der Waals surface area contributed by atoms with Crippen molar-refractivity contribution in [2.24, 2.45) is 19.8 Å². The average molecular weight is 277 g/mol. The monoisotopic (exact) mass is 277 g/mol. The van der Waals surface area contributed by atoms with E-state index in [1.165, 1.54) is 0 Å². The van der Waals surface area contributed by atoms with Crippen molar-refractivity contribution in [1.82, 2.24) is 9.13 Å². The van der Waals surface area contributed by atoms with Crippen molar-refractivity contribution >= 4 is 17.0 Å². The summed E-state index contributed by atoms with van der Waals surface area (Å²) in [5.74, 6) is -0.807. The molecule has 1 aromatic heterocycles. The van der Waals surface area contributed by atoms with Crippen molar-refractivity contribution in [2.75, 3.05) is 0 Å². The van der Waals surface area contributed by atoms with Crippen molar-refractivity contribution in [3.8, 4) is 0 Å². The maximum Gasteiger partial charge on any atom is 0.328 e. The highest BCUT2D eigenvalue weighted by Gasteiger charge is 2.12. The summed E-state index contributed by atoms with van der Waals surface area (Å²) >= 11 is 0. The van der Waals surface area contributed by atoms with Gasteiger partial charge in [-0.1, -0.05) is 6.07 Å². The smallest absolute Gasteiger partial charge is 0.328 e. The number of aromatic nitrogens is 2. The minimum atomic E-state index is -0.807. The number of carboxylic acid groups (broad SMARTS) is 1. The van der Waals surface area contributed by atoms with Crippen LogP contribution in [0, 0.1) is 0 Å². The summed E-state index contributed by atoms with van der Waals surface area (Å²) in [5.41, 5.74) is 8.62. The molecule has 0 spiro atoms. The number of imidazole rings is 1. The Morgan fingerprint density at radius 3 is 2.60 bits per heavy atom. The van der Waals surface area contributed by atoms with Gasteiger partial charge in [0, 0.05) is 26.6 Å². The van der Waals surface area contributed by atoms with Gasteiger partial charge in [0.2, 0.25) is 0 Å². The lowest BCUT2D eigenvalue weighted by molar-refractivity contribution is -0.137. The van der Waals surface area contributed by atoms with Crippen LogP contribution in [0.3, 0.4) is 0 Å². The predicted octanol–water partition coefficient (Wildman–Crippen LogP) is 1.13. The molecule has 108 valence electrons. The molecule has 0 aliphatic carbocycles. The summed E-state index contributed by atoms with van der Waals surface area (Å²) in [6.45, 7) is 0. The molecule has 6 heteroatoms. The minimum absolute atomic E-state index is 0.0726. The fraction of sp³-hybridized carbons (Fsp3) is 0.429. The summed E-state index contributed by atoms with van der Waals surface area (Å²) in [6.07, 6.45) is 1.28. The quantitative estimate of drug-likeness (QED) is 0.857. The van der Waals surface area contributed by atoms with Gasteiger partial charge in [-0.2, -0.15) is 0 Å². The second kappa shape index (κ2) is 5.50. The summed E-state index contributed by atoms with van der Waals surface area (Å²) in [5, 5.41) is 8.63. The van der Waals surface area contributed by atoms with Crippen molar-refractivity contribution in [1.29, 1.82) is 0 Å². The van der Waals surface area contributed by atoms with Crippen molar-refractivity contribution < 1.29 is 9.90 Å². The van der Waals surface area contributed by atoms with E-state index in [-0.39, 0.29) is 18.2 Å². The number of benzene rings is 1. The summed E-state index contributed by atoms with van der Waals surface area (Å²) in [6, 6.07) is 5.47. The molecule has 0 bridgehead atoms. The second-order valence-electron chi connectivity index (χ2n) is 5.04. The first-order valence-corrected chi connectivity index (χ1v) is 6.54. The van der Waals surface area contributed by atoms with E-state index in [1.807, 2.05) is 18.2 Å². The third-order valence-corrected chi connectivity index (χ3v) is 3.63. The maximum absolute atomic E-state index is 11.8. The fourth-order valence-corrected chi connectivity index (χ4v) is 2.39. The van der Waals surface area contributed by atoms with E-state index in [0.29, 0.717) is 12.8 Å². The van der Waals surface area contributed by atoms with Crippen LogP contribution in [0.4, 0.5) is 0 Å². The lowest BCUT2D eigenvalue weighted by Crippen LogP contribution is -2.19. The van der Waals surface area contributed by atoms with Gasteiger partial charge in [-0.05, 0) is 30.5 Å². The number of carboxylic acids is 1. The molecule has 0 aliphatic heterocycles. The summed E-state index contributed by atoms with van der Waals surface area (Å²) in [4.78, 5) is 22.3. The predicted molar refractivity (Wildman–Crippen MR) is 76.6 cm³/mol. The first kappa shape index (κ1) is 14.3. The van der Waals surface area contributed by atoms with E-state index in [4.69, 9.17) is 10.8 Å². The van der Waals surface area contributed by atoms with Gasteiger partial charge in [-0.25, -0.2) is 4.79 Å². The highest BCUT2D eigenvalue weighted by atomic mass is 16.4. The molecule has 1 atom stereocenters. The normalized spacial score (nSPS) is 12.8. The van der Waals surface area contributed by atoms with Crippen LogP contribution < -0.4 is 11.4 Å². The number of rotatable bonds is 5. The molecule has 2 aromatic rings. The zero-order valence-electron chi connectivity index (χ0n) is 11.7. The Labute approximate surface area is 116 Å². The van der Waals surface area contributed by atoms with Gasteiger partial charge in [0.1, 0.15) is 0 Å². The van der Waals surface area contributed by atoms with Crippen molar-refractivity contribution in [3.05, 3.63) is 34.2 Å². The molecule has 0 amide bonds. The molecule has 6 nitrogen and oxygen atoms in total. The van der Waals surface area contributed by atoms with Crippen molar-refractivity contribution in [2.45, 2.75) is 25.3 Å². The first-order chi connectivity index (χ1) is 9.41. The van der Waals surface area contributed by atoms with Crippen LogP contribution in [0.25, 0.3) is 11.0 Å². The highest BCUT2D eigenvalue weighted by molar-refractivity contribution is 5.77. The topological polar surface area (TPSA) is 90.3 Å². The maximum atomic E-state index is 11.8. The van der Waals surface area contributed by atoms with E-state index in [9.17, 15) is 9.59 Å². The largest absolute Gasteiger partial charge is 0.481 e. The molecule has 0 radical (unpaired) electrons. The Hall–Kier alpha value is -2.08. The lowest BCUT2D eigenvalue weighted by Gasteiger charge is -2.11. The third-order valence-electron chi connectivity index (χ3n) is 3.63. The van der Waals surface area contributed by atoms with Crippen LogP contribution in [-0.2, 0) is 18.9 Å². The molecular formula is C14H19N3O3. The number of aryl methyl sites for hydroxylation is 2. The molecule has 3 N–H and O–H groups in total. The molecular weight excluding hydrogens is 258 g/mol. The Balaban J connectivity index is 2.25. The number of nitrogens with zero attached hydrogens (tertiary/aromatic N) is 2. The van der Waals surface area contributed by atoms with E-state index < -0.39 is 5.97 Å². The first-order valence-electron chi connectivity index (χ1n) is 6.54. The SMILES string of the molecule is Cn1c(=O)n(C)c2cc(C(N)CCCC(=O)O)ccc21. The zero-order valence-corrected chi connectivity index (χ0v) is 11.7. The van der Waals surface area contributed by atoms with Crippen molar-refractivity contribution in [3.63, 3.8) is 0 Å². The van der Waals surface area contributed by atoms with Gasteiger partial charge in [0.05, 0.1) is 11.0 Å². The number of hydrogen-bond acceptors (Lipinski definition) is 3. The summed E-state index contributed by atoms with van der Waals surface area (Å²) < 4.78 is 3.18. The van der Waals surface area contributed by atoms with Crippen LogP contribution >= 0.6 is 0 Å². The molecule has 0 saturated carbocycles. The molecule has 0 fully saturated rings. The zero-order chi connectivity index (χ0) is 14.9. The molecule has 1 unspecified atom stereocenters. The Morgan fingerprint density at radius 2 is 1.95 bits per heavy atom. The Morgan fingerprint density at radius 1 is 1.30 bits per heavy atom. The molecule has 0 saturated heterocycles. The molecule has 20 heavy (non-hydrogen) atoms. The average Bonchev–Trinajstić information content (AvgIpc) is 2.63. The standard InChI is InChI=1S/C14H19N3O3/c1-16-11-7-6-9(8-12(11)17(2)14(16)20)10(15)4-3-5-13(18)19/h6-8,10H,3-5,15H2,1-2H3,(H,18,19). The number of carbonyl (C=O) groups is 1. The molecule has 2 rings (SSSR count). The van der Waals surface area contributed by atoms with E-state index in [1.54, 1.807) is 23.2 Å². The van der Waals surface area contributed by atoms with Crippen LogP contribution in [-0.4, -0.2) is 20.2 Å². The van der Waals surface area contributed by atoms with E-state index in [0.717, 1.165) is 16.6 Å². The fourth-order valence-electron chi connectivity index (χ4n) is 2.39. The van der Waals surface area contributed by atoms with Gasteiger partial charge >= 0.3 is 11.7 Å². The lowest BCUT2D eigenvalue weighted by atomic mass is 10.0. The number of aliphatic carboxylic acids is 1. The minimum Gasteiger partial charge on any atom is -0.481 e. The van der Waals surface area contributed by atoms with Crippen LogP contribution in [0.1, 0.15) is 30.9 Å². The van der Waals surface area contributed by atoms with E-state index >= 15 is 0 Å². The number of fused-ring (bicyclic) bond motifs is 1. The molecule has 1 aromatic carbocycles. The van der Waals surface area contributed by atoms with E-state index in [2.05, 4.69) is 0 Å². The molecule has 1 heterocycles. The number of hydrogen-bond donors (Lipinski definition) is 2. The number of nitrogens with two attached hydrogens (primary N) is 1. The van der Waals surface area contributed by atoms with Crippen LogP contribution in [0.2, 0.25) is 0 Å². The molecule has 0 aliphatic rings.